The zero-order valence-corrected chi connectivity index (χ0v) is 10.8. The van der Waals surface area contributed by atoms with Crippen LogP contribution in [0.25, 0.3) is 0 Å². The van der Waals surface area contributed by atoms with E-state index in [0.717, 1.165) is 20.0 Å². The molecule has 0 amide bonds. The number of benzene rings is 1. The van der Waals surface area contributed by atoms with Crippen LogP contribution in [0.3, 0.4) is 0 Å². The van der Waals surface area contributed by atoms with Gasteiger partial charge in [-0.2, -0.15) is 0 Å². The molecule has 0 atom stereocenters. The van der Waals surface area contributed by atoms with Gasteiger partial charge < -0.3 is 5.11 Å². The van der Waals surface area contributed by atoms with Gasteiger partial charge in [-0.1, -0.05) is 30.0 Å². The third-order valence-corrected chi connectivity index (χ3v) is 4.15. The fourth-order valence-electron chi connectivity index (χ4n) is 1.27. The number of hydrogen-bond donors (Lipinski definition) is 1. The van der Waals surface area contributed by atoms with E-state index in [2.05, 4.69) is 20.9 Å². The maximum absolute atomic E-state index is 9.20. The van der Waals surface area contributed by atoms with Crippen molar-refractivity contribution >= 4 is 27.7 Å². The van der Waals surface area contributed by atoms with Crippen LogP contribution in [0, 0.1) is 0 Å². The number of aromatic nitrogens is 1. The second kappa shape index (κ2) is 5.48. The Balaban J connectivity index is 2.30. The van der Waals surface area contributed by atoms with Crippen LogP contribution < -0.4 is 0 Å². The van der Waals surface area contributed by atoms with Crippen molar-refractivity contribution in [3.8, 4) is 0 Å². The summed E-state index contributed by atoms with van der Waals surface area (Å²) < 4.78 is 1.04. The summed E-state index contributed by atoms with van der Waals surface area (Å²) in [5, 5.41) is 10.0. The Kier molecular flexibility index (Phi) is 3.98. The molecule has 0 aliphatic carbocycles. The highest BCUT2D eigenvalue weighted by atomic mass is 79.9. The van der Waals surface area contributed by atoms with Crippen molar-refractivity contribution in [3.63, 3.8) is 0 Å². The van der Waals surface area contributed by atoms with Gasteiger partial charge in [-0.05, 0) is 34.1 Å². The second-order valence-corrected chi connectivity index (χ2v) is 5.04. The summed E-state index contributed by atoms with van der Waals surface area (Å²) in [7, 11) is 0. The minimum absolute atomic E-state index is 0.0145. The van der Waals surface area contributed by atoms with E-state index in [0.29, 0.717) is 0 Å². The monoisotopic (exact) mass is 295 g/mol. The lowest BCUT2D eigenvalue weighted by atomic mass is 10.3. The van der Waals surface area contributed by atoms with Crippen LogP contribution in [0.1, 0.15) is 5.56 Å². The smallest absolute Gasteiger partial charge is 0.106 e. The lowest BCUT2D eigenvalue weighted by Gasteiger charge is -2.06. The zero-order chi connectivity index (χ0) is 11.4. The predicted molar refractivity (Wildman–Crippen MR) is 68.4 cm³/mol. The molecule has 0 saturated carbocycles. The van der Waals surface area contributed by atoms with Gasteiger partial charge in [0.1, 0.15) is 5.03 Å². The molecule has 0 spiro atoms. The molecule has 0 saturated heterocycles. The molecule has 0 radical (unpaired) electrons. The van der Waals surface area contributed by atoms with Crippen molar-refractivity contribution < 1.29 is 5.11 Å². The van der Waals surface area contributed by atoms with Gasteiger partial charge in [0.2, 0.25) is 0 Å². The quantitative estimate of drug-likeness (QED) is 0.941. The molecule has 82 valence electrons. The van der Waals surface area contributed by atoms with E-state index in [1.54, 1.807) is 18.0 Å². The average molecular weight is 296 g/mol. The Morgan fingerprint density at radius 3 is 2.75 bits per heavy atom. The predicted octanol–water partition coefficient (Wildman–Crippen LogP) is 3.49. The molecule has 4 heteroatoms. The van der Waals surface area contributed by atoms with Crippen molar-refractivity contribution in [2.75, 3.05) is 0 Å². The fraction of sp³-hybridized carbons (Fsp3) is 0.0833. The minimum Gasteiger partial charge on any atom is -0.392 e. The molecule has 0 fully saturated rings. The summed E-state index contributed by atoms with van der Waals surface area (Å²) in [4.78, 5) is 5.36. The fourth-order valence-corrected chi connectivity index (χ4v) is 2.69. The molecule has 2 rings (SSSR count). The average Bonchev–Trinajstić information content (AvgIpc) is 2.33. The molecule has 0 unspecified atom stereocenters. The van der Waals surface area contributed by atoms with E-state index in [9.17, 15) is 5.11 Å². The molecular weight excluding hydrogens is 286 g/mol. The standard InChI is InChI=1S/C12H10BrNOS/c13-10-5-1-2-6-11(10)16-12-9(8-15)4-3-7-14-12/h1-7,15H,8H2. The Morgan fingerprint density at radius 1 is 1.19 bits per heavy atom. The molecule has 1 aromatic heterocycles. The van der Waals surface area contributed by atoms with Crippen LogP contribution in [0.5, 0.6) is 0 Å². The molecule has 0 aliphatic rings. The number of halogens is 1. The summed E-state index contributed by atoms with van der Waals surface area (Å²) in [6.07, 6.45) is 1.73. The highest BCUT2D eigenvalue weighted by Gasteiger charge is 2.06. The first-order chi connectivity index (χ1) is 7.81. The van der Waals surface area contributed by atoms with Crippen LogP contribution in [0.4, 0.5) is 0 Å². The first-order valence-corrected chi connectivity index (χ1v) is 6.39. The van der Waals surface area contributed by atoms with E-state index >= 15 is 0 Å². The van der Waals surface area contributed by atoms with Crippen molar-refractivity contribution in [2.45, 2.75) is 16.5 Å². The van der Waals surface area contributed by atoms with E-state index in [-0.39, 0.29) is 6.61 Å². The number of rotatable bonds is 3. The zero-order valence-electron chi connectivity index (χ0n) is 8.43. The van der Waals surface area contributed by atoms with Crippen LogP contribution in [0.2, 0.25) is 0 Å². The van der Waals surface area contributed by atoms with Gasteiger partial charge in [-0.15, -0.1) is 0 Å². The van der Waals surface area contributed by atoms with Gasteiger partial charge in [0.15, 0.2) is 0 Å². The van der Waals surface area contributed by atoms with E-state index in [4.69, 9.17) is 0 Å². The Bertz CT molecular complexity index is 490. The Hall–Kier alpha value is -0.840. The van der Waals surface area contributed by atoms with Crippen molar-refractivity contribution in [1.82, 2.24) is 4.98 Å². The lowest BCUT2D eigenvalue weighted by molar-refractivity contribution is 0.278. The summed E-state index contributed by atoms with van der Waals surface area (Å²) in [5.41, 5.74) is 0.850. The molecule has 2 aromatic rings. The van der Waals surface area contributed by atoms with E-state index < -0.39 is 0 Å². The van der Waals surface area contributed by atoms with Gasteiger partial charge in [-0.25, -0.2) is 4.98 Å². The normalized spacial score (nSPS) is 10.4. The number of pyridine rings is 1. The maximum atomic E-state index is 9.20. The summed E-state index contributed by atoms with van der Waals surface area (Å²) >= 11 is 5.04. The van der Waals surface area contributed by atoms with Gasteiger partial charge in [0.05, 0.1) is 6.61 Å². The number of hydrogen-bond acceptors (Lipinski definition) is 3. The van der Waals surface area contributed by atoms with Crippen LogP contribution in [0.15, 0.2) is 57.0 Å². The van der Waals surface area contributed by atoms with E-state index in [1.165, 1.54) is 0 Å². The van der Waals surface area contributed by atoms with Gasteiger partial charge >= 0.3 is 0 Å². The van der Waals surface area contributed by atoms with Gasteiger partial charge in [0, 0.05) is 21.1 Å². The SMILES string of the molecule is OCc1cccnc1Sc1ccccc1Br. The van der Waals surface area contributed by atoms with E-state index in [1.807, 2.05) is 36.4 Å². The largest absolute Gasteiger partial charge is 0.392 e. The summed E-state index contributed by atoms with van der Waals surface area (Å²) in [6.45, 7) is 0.0145. The number of nitrogens with zero attached hydrogens (tertiary/aromatic N) is 1. The van der Waals surface area contributed by atoms with Gasteiger partial charge in [-0.3, -0.25) is 0 Å². The molecule has 16 heavy (non-hydrogen) atoms. The molecule has 1 aromatic carbocycles. The molecule has 0 aliphatic heterocycles. The maximum Gasteiger partial charge on any atom is 0.106 e. The third kappa shape index (κ3) is 2.64. The number of aliphatic hydroxyl groups is 1. The van der Waals surface area contributed by atoms with Crippen LogP contribution >= 0.6 is 27.7 Å². The highest BCUT2D eigenvalue weighted by molar-refractivity contribution is 9.10. The van der Waals surface area contributed by atoms with Crippen LogP contribution in [-0.2, 0) is 6.61 Å². The highest BCUT2D eigenvalue weighted by Crippen LogP contribution is 2.33. The minimum atomic E-state index is 0.0145. The van der Waals surface area contributed by atoms with Crippen molar-refractivity contribution in [3.05, 3.63) is 52.6 Å². The van der Waals surface area contributed by atoms with Gasteiger partial charge in [0.25, 0.3) is 0 Å². The van der Waals surface area contributed by atoms with Crippen LogP contribution in [-0.4, -0.2) is 10.1 Å². The third-order valence-electron chi connectivity index (χ3n) is 2.06. The summed E-state index contributed by atoms with van der Waals surface area (Å²) in [6, 6.07) is 11.7. The number of aliphatic hydroxyl groups excluding tert-OH is 1. The molecular formula is C12H10BrNOS. The molecule has 2 nitrogen and oxygen atoms in total. The molecule has 0 bridgehead atoms. The first kappa shape index (κ1) is 11.6. The second-order valence-electron chi connectivity index (χ2n) is 3.16. The lowest BCUT2D eigenvalue weighted by Crippen LogP contribution is -1.90. The Labute approximate surface area is 107 Å². The van der Waals surface area contributed by atoms with Crippen molar-refractivity contribution in [2.24, 2.45) is 0 Å². The molecule has 1 N–H and O–H groups in total. The summed E-state index contributed by atoms with van der Waals surface area (Å²) in [5.74, 6) is 0. The Morgan fingerprint density at radius 2 is 2.00 bits per heavy atom. The van der Waals surface area contributed by atoms with Crippen molar-refractivity contribution in [1.29, 1.82) is 0 Å². The first-order valence-electron chi connectivity index (χ1n) is 4.78. The topological polar surface area (TPSA) is 33.1 Å². The molecule has 1 heterocycles.